The van der Waals surface area contributed by atoms with E-state index in [0.29, 0.717) is 18.7 Å². The third kappa shape index (κ3) is 3.66. The average Bonchev–Trinajstić information content (AvgIpc) is 2.48. The Labute approximate surface area is 118 Å². The largest absolute Gasteiger partial charge is 0.380 e. The van der Waals surface area contributed by atoms with Gasteiger partial charge < -0.3 is 15.8 Å². The number of methoxy groups -OCH3 is 1. The van der Waals surface area contributed by atoms with Crippen LogP contribution in [0.1, 0.15) is 21.5 Å². The Kier molecular flexibility index (Phi) is 4.87. The van der Waals surface area contributed by atoms with E-state index in [4.69, 9.17) is 10.5 Å². The molecule has 2 aromatic carbocycles. The van der Waals surface area contributed by atoms with Gasteiger partial charge in [0.15, 0.2) is 0 Å². The minimum absolute atomic E-state index is 0.136. The van der Waals surface area contributed by atoms with Crippen LogP contribution in [-0.4, -0.2) is 13.0 Å². The number of anilines is 1. The summed E-state index contributed by atoms with van der Waals surface area (Å²) in [5.41, 5.74) is 8.96. The van der Waals surface area contributed by atoms with Gasteiger partial charge in [0.25, 0.3) is 5.91 Å². The van der Waals surface area contributed by atoms with Crippen LogP contribution in [-0.2, 0) is 17.9 Å². The van der Waals surface area contributed by atoms with Gasteiger partial charge in [0, 0.05) is 24.9 Å². The molecule has 0 unspecified atom stereocenters. The van der Waals surface area contributed by atoms with Crippen LogP contribution in [0.3, 0.4) is 0 Å². The summed E-state index contributed by atoms with van der Waals surface area (Å²) < 4.78 is 5.04. The van der Waals surface area contributed by atoms with E-state index in [2.05, 4.69) is 5.32 Å². The molecule has 0 aliphatic heterocycles. The molecule has 0 aromatic heterocycles. The Morgan fingerprint density at radius 1 is 1.15 bits per heavy atom. The minimum Gasteiger partial charge on any atom is -0.380 e. The third-order valence-corrected chi connectivity index (χ3v) is 2.95. The molecule has 1 amide bonds. The van der Waals surface area contributed by atoms with Crippen molar-refractivity contribution in [3.8, 4) is 0 Å². The molecule has 0 spiro atoms. The maximum Gasteiger partial charge on any atom is 0.255 e. The lowest BCUT2D eigenvalue weighted by atomic mass is 10.1. The number of carbonyl (C=O) groups excluding carboxylic acids is 1. The summed E-state index contributed by atoms with van der Waals surface area (Å²) in [5, 5.41) is 2.86. The molecule has 104 valence electrons. The van der Waals surface area contributed by atoms with Gasteiger partial charge in [0.05, 0.1) is 6.61 Å². The molecule has 0 fully saturated rings. The van der Waals surface area contributed by atoms with Crippen molar-refractivity contribution in [3.05, 3.63) is 65.2 Å². The highest BCUT2D eigenvalue weighted by Crippen LogP contribution is 2.13. The average molecular weight is 270 g/mol. The van der Waals surface area contributed by atoms with E-state index in [1.165, 1.54) is 0 Å². The zero-order valence-corrected chi connectivity index (χ0v) is 11.4. The van der Waals surface area contributed by atoms with Crippen molar-refractivity contribution in [2.45, 2.75) is 13.2 Å². The number of rotatable bonds is 5. The van der Waals surface area contributed by atoms with Gasteiger partial charge in [-0.25, -0.2) is 0 Å². The number of nitrogens with one attached hydrogen (secondary N) is 1. The van der Waals surface area contributed by atoms with Crippen molar-refractivity contribution in [1.29, 1.82) is 0 Å². The van der Waals surface area contributed by atoms with Gasteiger partial charge in [-0.1, -0.05) is 24.3 Å². The number of nitrogens with two attached hydrogens (primary N) is 1. The van der Waals surface area contributed by atoms with Crippen LogP contribution < -0.4 is 11.1 Å². The van der Waals surface area contributed by atoms with E-state index in [1.807, 2.05) is 36.4 Å². The molecule has 4 heteroatoms. The fourth-order valence-electron chi connectivity index (χ4n) is 1.90. The molecular weight excluding hydrogens is 252 g/mol. The quantitative estimate of drug-likeness (QED) is 0.877. The smallest absolute Gasteiger partial charge is 0.255 e. The Bertz CT molecular complexity index is 579. The molecule has 4 nitrogen and oxygen atoms in total. The first kappa shape index (κ1) is 14.2. The fourth-order valence-corrected chi connectivity index (χ4v) is 1.90. The van der Waals surface area contributed by atoms with E-state index in [1.54, 1.807) is 19.2 Å². The molecule has 0 radical (unpaired) electrons. The number of amides is 1. The topological polar surface area (TPSA) is 64.3 Å². The van der Waals surface area contributed by atoms with E-state index < -0.39 is 0 Å². The Hall–Kier alpha value is -2.17. The molecule has 2 rings (SSSR count). The highest BCUT2D eigenvalue weighted by molar-refractivity contribution is 6.04. The van der Waals surface area contributed by atoms with Crippen molar-refractivity contribution in [2.75, 3.05) is 12.4 Å². The van der Waals surface area contributed by atoms with Crippen LogP contribution in [0.5, 0.6) is 0 Å². The number of hydrogen-bond donors (Lipinski definition) is 2. The summed E-state index contributed by atoms with van der Waals surface area (Å²) in [6.07, 6.45) is 0. The summed E-state index contributed by atoms with van der Waals surface area (Å²) in [7, 11) is 1.64. The van der Waals surface area contributed by atoms with Crippen LogP contribution >= 0.6 is 0 Å². The first-order valence-corrected chi connectivity index (χ1v) is 6.41. The van der Waals surface area contributed by atoms with Gasteiger partial charge >= 0.3 is 0 Å². The first-order valence-electron chi connectivity index (χ1n) is 6.41. The summed E-state index contributed by atoms with van der Waals surface area (Å²) in [6, 6.07) is 14.9. The zero-order valence-electron chi connectivity index (χ0n) is 11.4. The lowest BCUT2D eigenvalue weighted by molar-refractivity contribution is 0.102. The molecular formula is C16H18N2O2. The fraction of sp³-hybridized carbons (Fsp3) is 0.188. The number of hydrogen-bond acceptors (Lipinski definition) is 3. The highest BCUT2D eigenvalue weighted by atomic mass is 16.5. The van der Waals surface area contributed by atoms with Crippen LogP contribution in [0.2, 0.25) is 0 Å². The van der Waals surface area contributed by atoms with Crippen LogP contribution in [0.15, 0.2) is 48.5 Å². The second-order valence-electron chi connectivity index (χ2n) is 4.49. The van der Waals surface area contributed by atoms with Crippen molar-refractivity contribution in [3.63, 3.8) is 0 Å². The third-order valence-electron chi connectivity index (χ3n) is 2.95. The lowest BCUT2D eigenvalue weighted by Crippen LogP contribution is -2.12. The molecule has 0 heterocycles. The first-order chi connectivity index (χ1) is 9.72. The molecule has 0 aliphatic carbocycles. The van der Waals surface area contributed by atoms with Crippen molar-refractivity contribution in [1.82, 2.24) is 0 Å². The zero-order chi connectivity index (χ0) is 14.4. The molecule has 2 aromatic rings. The Morgan fingerprint density at radius 3 is 2.55 bits per heavy atom. The molecule has 0 atom stereocenters. The summed E-state index contributed by atoms with van der Waals surface area (Å²) in [6.45, 7) is 0.996. The molecule has 0 bridgehead atoms. The van der Waals surface area contributed by atoms with Gasteiger partial charge in [0.1, 0.15) is 0 Å². The Balaban J connectivity index is 2.07. The van der Waals surface area contributed by atoms with E-state index in [0.717, 1.165) is 16.8 Å². The van der Waals surface area contributed by atoms with Gasteiger partial charge in [-0.2, -0.15) is 0 Å². The molecule has 3 N–H and O–H groups in total. The Morgan fingerprint density at radius 2 is 1.90 bits per heavy atom. The van der Waals surface area contributed by atoms with Gasteiger partial charge in [-0.3, -0.25) is 4.79 Å². The van der Waals surface area contributed by atoms with Crippen molar-refractivity contribution >= 4 is 11.6 Å². The number of benzene rings is 2. The number of carbonyl (C=O) groups is 1. The minimum atomic E-state index is -0.136. The standard InChI is InChI=1S/C16H18N2O2/c1-20-11-12-5-7-14(8-6-12)16(19)18-15-4-2-3-13(9-15)10-17/h2-9H,10-11,17H2,1H3,(H,18,19). The van der Waals surface area contributed by atoms with Gasteiger partial charge in [0.2, 0.25) is 0 Å². The highest BCUT2D eigenvalue weighted by Gasteiger charge is 2.06. The molecule has 0 saturated carbocycles. The summed E-state index contributed by atoms with van der Waals surface area (Å²) >= 11 is 0. The van der Waals surface area contributed by atoms with Crippen LogP contribution in [0, 0.1) is 0 Å². The van der Waals surface area contributed by atoms with Crippen molar-refractivity contribution < 1.29 is 9.53 Å². The molecule has 20 heavy (non-hydrogen) atoms. The van der Waals surface area contributed by atoms with Crippen LogP contribution in [0.25, 0.3) is 0 Å². The van der Waals surface area contributed by atoms with Gasteiger partial charge in [-0.05, 0) is 35.4 Å². The van der Waals surface area contributed by atoms with Gasteiger partial charge in [-0.15, -0.1) is 0 Å². The second-order valence-corrected chi connectivity index (χ2v) is 4.49. The van der Waals surface area contributed by atoms with Crippen LogP contribution in [0.4, 0.5) is 5.69 Å². The second kappa shape index (κ2) is 6.84. The predicted molar refractivity (Wildman–Crippen MR) is 79.4 cm³/mol. The number of ether oxygens (including phenoxy) is 1. The lowest BCUT2D eigenvalue weighted by Gasteiger charge is -2.07. The van der Waals surface area contributed by atoms with Crippen molar-refractivity contribution in [2.24, 2.45) is 5.73 Å². The van der Waals surface area contributed by atoms with E-state index in [-0.39, 0.29) is 5.91 Å². The van der Waals surface area contributed by atoms with E-state index in [9.17, 15) is 4.79 Å². The van der Waals surface area contributed by atoms with E-state index >= 15 is 0 Å². The summed E-state index contributed by atoms with van der Waals surface area (Å²) in [5.74, 6) is -0.136. The SMILES string of the molecule is COCc1ccc(C(=O)Nc2cccc(CN)c2)cc1. The molecule has 0 aliphatic rings. The molecule has 0 saturated heterocycles. The predicted octanol–water partition coefficient (Wildman–Crippen LogP) is 2.54. The monoisotopic (exact) mass is 270 g/mol. The summed E-state index contributed by atoms with van der Waals surface area (Å²) in [4.78, 5) is 12.1. The maximum absolute atomic E-state index is 12.1. The maximum atomic E-state index is 12.1. The normalized spacial score (nSPS) is 10.3.